The minimum atomic E-state index is 1.05. The third kappa shape index (κ3) is 6.06. The fraction of sp³-hybridized carbons (Fsp3) is 0.353. The molecule has 0 fully saturated rings. The molecule has 0 N–H and O–H groups in total. The first-order valence-electron chi connectivity index (χ1n) is 6.68. The molecule has 1 aromatic rings. The highest BCUT2D eigenvalue weighted by atomic mass is 14.2. The van der Waals surface area contributed by atoms with E-state index in [0.717, 1.165) is 6.42 Å². The van der Waals surface area contributed by atoms with Crippen LogP contribution in [0.1, 0.15) is 44.6 Å². The molecule has 0 saturated carbocycles. The molecular weight excluding hydrogens is 218 g/mol. The molecule has 0 bridgehead atoms. The van der Waals surface area contributed by atoms with Crippen LogP contribution in [0.15, 0.2) is 48.1 Å². The summed E-state index contributed by atoms with van der Waals surface area (Å²) >= 11 is 0. The molecule has 1 heteroatoms. The van der Waals surface area contributed by atoms with Crippen LogP contribution in [0.25, 0.3) is 6.08 Å². The van der Waals surface area contributed by atoms with Gasteiger partial charge >= 0.3 is 0 Å². The van der Waals surface area contributed by atoms with Crippen LogP contribution in [-0.4, -0.2) is 0 Å². The number of allylic oxidation sites excluding steroid dienone is 3. The van der Waals surface area contributed by atoms with Crippen molar-refractivity contribution in [2.24, 2.45) is 0 Å². The topological polar surface area (TPSA) is 23.8 Å². The van der Waals surface area contributed by atoms with Crippen molar-refractivity contribution in [2.45, 2.75) is 39.0 Å². The average Bonchev–Trinajstić information content (AvgIpc) is 2.41. The van der Waals surface area contributed by atoms with Crippen LogP contribution in [0.2, 0.25) is 0 Å². The molecular formula is C17H21N. The molecule has 0 aliphatic heterocycles. The first-order chi connectivity index (χ1) is 8.86. The lowest BCUT2D eigenvalue weighted by Gasteiger charge is -2.02. The maximum atomic E-state index is 8.63. The minimum Gasteiger partial charge on any atom is -0.193 e. The molecule has 0 aliphatic carbocycles. The summed E-state index contributed by atoms with van der Waals surface area (Å²) in [5.74, 6) is 0. The van der Waals surface area contributed by atoms with E-state index in [0.29, 0.717) is 0 Å². The molecule has 0 aromatic heterocycles. The van der Waals surface area contributed by atoms with Gasteiger partial charge in [-0.3, -0.25) is 0 Å². The molecule has 0 unspecified atom stereocenters. The number of hydrogen-bond donors (Lipinski definition) is 0. The Morgan fingerprint density at radius 3 is 2.61 bits per heavy atom. The zero-order valence-corrected chi connectivity index (χ0v) is 11.1. The van der Waals surface area contributed by atoms with Crippen LogP contribution in [0.5, 0.6) is 0 Å². The summed E-state index contributed by atoms with van der Waals surface area (Å²) in [6.45, 7) is 2.22. The third-order valence-corrected chi connectivity index (χ3v) is 2.84. The van der Waals surface area contributed by atoms with Gasteiger partial charge in [-0.05, 0) is 30.1 Å². The number of nitriles is 1. The Labute approximate surface area is 110 Å². The summed E-state index contributed by atoms with van der Waals surface area (Å²) in [7, 11) is 0. The van der Waals surface area contributed by atoms with Gasteiger partial charge in [-0.25, -0.2) is 0 Å². The summed E-state index contributed by atoms with van der Waals surface area (Å²) in [4.78, 5) is 0. The Morgan fingerprint density at radius 1 is 1.17 bits per heavy atom. The summed E-state index contributed by atoms with van der Waals surface area (Å²) in [6, 6.07) is 12.3. The quantitative estimate of drug-likeness (QED) is 0.368. The van der Waals surface area contributed by atoms with Gasteiger partial charge in [-0.1, -0.05) is 62.6 Å². The number of benzene rings is 1. The van der Waals surface area contributed by atoms with Gasteiger partial charge in [0, 0.05) is 6.08 Å². The van der Waals surface area contributed by atoms with Crippen molar-refractivity contribution < 1.29 is 0 Å². The van der Waals surface area contributed by atoms with E-state index in [-0.39, 0.29) is 0 Å². The molecule has 0 atom stereocenters. The predicted octanol–water partition coefficient (Wildman–Crippen LogP) is 5.12. The van der Waals surface area contributed by atoms with Crippen molar-refractivity contribution in [3.05, 3.63) is 53.6 Å². The van der Waals surface area contributed by atoms with Crippen LogP contribution < -0.4 is 0 Å². The summed E-state index contributed by atoms with van der Waals surface area (Å²) < 4.78 is 0. The van der Waals surface area contributed by atoms with E-state index >= 15 is 0 Å². The van der Waals surface area contributed by atoms with E-state index in [1.807, 2.05) is 24.3 Å². The van der Waals surface area contributed by atoms with E-state index in [9.17, 15) is 0 Å². The second-order valence-corrected chi connectivity index (χ2v) is 4.40. The van der Waals surface area contributed by atoms with Crippen molar-refractivity contribution in [3.8, 4) is 6.07 Å². The lowest BCUT2D eigenvalue weighted by Crippen LogP contribution is -1.82. The largest absolute Gasteiger partial charge is 0.193 e. The monoisotopic (exact) mass is 239 g/mol. The third-order valence-electron chi connectivity index (χ3n) is 2.84. The van der Waals surface area contributed by atoms with Crippen molar-refractivity contribution in [2.75, 3.05) is 0 Å². The summed E-state index contributed by atoms with van der Waals surface area (Å²) in [5.41, 5.74) is 2.43. The number of rotatable bonds is 7. The molecule has 0 saturated heterocycles. The summed E-state index contributed by atoms with van der Waals surface area (Å²) in [6.07, 6.45) is 11.7. The van der Waals surface area contributed by atoms with Gasteiger partial charge in [-0.15, -0.1) is 0 Å². The standard InChI is InChI=1S/C17H21N/c1-2-3-4-6-10-17(13-9-14-18)15-16-11-7-5-8-12-16/h5,7-9,11-13,15H,2-4,6,10H2,1H3/b13-9+,17-15+. The van der Waals surface area contributed by atoms with Gasteiger partial charge in [0.15, 0.2) is 0 Å². The average molecular weight is 239 g/mol. The molecule has 0 spiro atoms. The first-order valence-corrected chi connectivity index (χ1v) is 6.68. The first kappa shape index (κ1) is 14.3. The van der Waals surface area contributed by atoms with Gasteiger partial charge < -0.3 is 0 Å². The number of nitrogens with zero attached hydrogens (tertiary/aromatic N) is 1. The van der Waals surface area contributed by atoms with Gasteiger partial charge in [0.05, 0.1) is 6.07 Å². The second-order valence-electron chi connectivity index (χ2n) is 4.40. The minimum absolute atomic E-state index is 1.05. The van der Waals surface area contributed by atoms with Crippen LogP contribution >= 0.6 is 0 Å². The van der Waals surface area contributed by atoms with E-state index in [2.05, 4.69) is 31.2 Å². The molecule has 0 aliphatic rings. The maximum absolute atomic E-state index is 8.63. The SMILES string of the molecule is CCCCCCC(/C=C/C#N)=C\c1ccccc1. The van der Waals surface area contributed by atoms with E-state index in [1.54, 1.807) is 6.08 Å². The molecule has 0 amide bonds. The Hall–Kier alpha value is -1.81. The van der Waals surface area contributed by atoms with E-state index in [1.165, 1.54) is 36.8 Å². The normalized spacial score (nSPS) is 11.7. The van der Waals surface area contributed by atoms with Crippen molar-refractivity contribution in [1.29, 1.82) is 5.26 Å². The van der Waals surface area contributed by atoms with Gasteiger partial charge in [0.25, 0.3) is 0 Å². The highest BCUT2D eigenvalue weighted by molar-refractivity contribution is 5.55. The van der Waals surface area contributed by atoms with E-state index < -0.39 is 0 Å². The fourth-order valence-corrected chi connectivity index (χ4v) is 1.87. The highest BCUT2D eigenvalue weighted by Gasteiger charge is 1.95. The van der Waals surface area contributed by atoms with Crippen molar-refractivity contribution >= 4 is 6.08 Å². The van der Waals surface area contributed by atoms with E-state index in [4.69, 9.17) is 5.26 Å². The second kappa shape index (κ2) is 9.24. The van der Waals surface area contributed by atoms with Crippen LogP contribution in [0, 0.1) is 11.3 Å². The molecule has 0 heterocycles. The van der Waals surface area contributed by atoms with Crippen LogP contribution in [0.4, 0.5) is 0 Å². The van der Waals surface area contributed by atoms with Gasteiger partial charge in [-0.2, -0.15) is 5.26 Å². The van der Waals surface area contributed by atoms with Gasteiger partial charge in [0.2, 0.25) is 0 Å². The summed E-state index contributed by atoms with van der Waals surface area (Å²) in [5, 5.41) is 8.63. The Bertz CT molecular complexity index is 421. The van der Waals surface area contributed by atoms with Crippen LogP contribution in [-0.2, 0) is 0 Å². The van der Waals surface area contributed by atoms with Crippen LogP contribution in [0.3, 0.4) is 0 Å². The number of unbranched alkanes of at least 4 members (excludes halogenated alkanes) is 3. The zero-order valence-electron chi connectivity index (χ0n) is 11.1. The molecule has 18 heavy (non-hydrogen) atoms. The smallest absolute Gasteiger partial charge is 0.0912 e. The lowest BCUT2D eigenvalue weighted by molar-refractivity contribution is 0.669. The Balaban J connectivity index is 2.64. The maximum Gasteiger partial charge on any atom is 0.0912 e. The fourth-order valence-electron chi connectivity index (χ4n) is 1.87. The molecule has 1 rings (SSSR count). The Morgan fingerprint density at radius 2 is 1.94 bits per heavy atom. The lowest BCUT2D eigenvalue weighted by atomic mass is 10.0. The Kier molecular flexibility index (Phi) is 7.32. The highest BCUT2D eigenvalue weighted by Crippen LogP contribution is 2.15. The molecule has 1 nitrogen and oxygen atoms in total. The predicted molar refractivity (Wildman–Crippen MR) is 77.9 cm³/mol. The number of hydrogen-bond acceptors (Lipinski definition) is 1. The molecule has 1 aromatic carbocycles. The molecule has 94 valence electrons. The van der Waals surface area contributed by atoms with Crippen molar-refractivity contribution in [3.63, 3.8) is 0 Å². The van der Waals surface area contributed by atoms with Crippen molar-refractivity contribution in [1.82, 2.24) is 0 Å². The molecule has 0 radical (unpaired) electrons. The van der Waals surface area contributed by atoms with Gasteiger partial charge in [0.1, 0.15) is 0 Å². The zero-order chi connectivity index (χ0) is 13.1.